The maximum atomic E-state index is 11.0. The third-order valence-corrected chi connectivity index (χ3v) is 8.45. The van der Waals surface area contributed by atoms with Crippen molar-refractivity contribution in [2.45, 2.75) is 141 Å². The van der Waals surface area contributed by atoms with Crippen LogP contribution in [0.5, 0.6) is 0 Å². The Morgan fingerprint density at radius 3 is 1.86 bits per heavy atom. The molecule has 0 aromatic rings. The Bertz CT molecular complexity index is 528. The van der Waals surface area contributed by atoms with Crippen molar-refractivity contribution in [3.8, 4) is 0 Å². The number of carboxylic acids is 1. The first-order chi connectivity index (χ1) is 16.9. The SMILES string of the molecule is CCCCCCCCCCCCSC(CCCCCCC)C(C)OCCCOC(C(=O)O)=[P+]([O-])O. The van der Waals surface area contributed by atoms with Gasteiger partial charge < -0.3 is 19.5 Å². The molecule has 3 unspecified atom stereocenters. The molecule has 0 spiro atoms. The van der Waals surface area contributed by atoms with Gasteiger partial charge in [0.15, 0.2) is 0 Å². The van der Waals surface area contributed by atoms with E-state index in [-0.39, 0.29) is 12.7 Å². The monoisotopic (exact) mass is 536 g/mol. The first-order valence-electron chi connectivity index (χ1n) is 14.1. The molecule has 8 heteroatoms. The third kappa shape index (κ3) is 21.6. The van der Waals surface area contributed by atoms with Gasteiger partial charge in [0, 0.05) is 11.9 Å². The van der Waals surface area contributed by atoms with Crippen molar-refractivity contribution in [2.75, 3.05) is 19.0 Å². The number of hydrogen-bond acceptors (Lipinski definition) is 6. The van der Waals surface area contributed by atoms with E-state index in [0.29, 0.717) is 18.3 Å². The Morgan fingerprint density at radius 1 is 0.829 bits per heavy atom. The normalized spacial score (nSPS) is 14.1. The van der Waals surface area contributed by atoms with Gasteiger partial charge in [-0.2, -0.15) is 16.7 Å². The van der Waals surface area contributed by atoms with E-state index in [9.17, 15) is 9.69 Å². The van der Waals surface area contributed by atoms with E-state index in [1.807, 2.05) is 11.8 Å². The zero-order valence-corrected chi connectivity index (χ0v) is 24.4. The largest absolute Gasteiger partial charge is 0.601 e. The van der Waals surface area contributed by atoms with Crippen LogP contribution in [0, 0.1) is 0 Å². The molecule has 0 aliphatic heterocycles. The fraction of sp³-hybridized carbons (Fsp3) is 0.926. The second-order valence-corrected chi connectivity index (χ2v) is 11.8. The van der Waals surface area contributed by atoms with Crippen molar-refractivity contribution >= 4 is 31.2 Å². The van der Waals surface area contributed by atoms with Gasteiger partial charge >= 0.3 is 11.4 Å². The van der Waals surface area contributed by atoms with Gasteiger partial charge in [0.1, 0.15) is 0 Å². The zero-order chi connectivity index (χ0) is 26.2. The molecule has 6 nitrogen and oxygen atoms in total. The minimum atomic E-state index is -2.98. The van der Waals surface area contributed by atoms with Gasteiger partial charge in [-0.05, 0) is 31.9 Å². The number of ether oxygens (including phenoxy) is 2. The van der Waals surface area contributed by atoms with Crippen molar-refractivity contribution in [3.63, 3.8) is 0 Å². The number of carboxylic acid groups (broad SMARTS) is 1. The summed E-state index contributed by atoms with van der Waals surface area (Å²) in [6.07, 6.45) is 21.7. The smallest absolute Gasteiger partial charge is 0.407 e. The molecule has 0 rings (SSSR count). The summed E-state index contributed by atoms with van der Waals surface area (Å²) in [6.45, 7) is 7.13. The molecule has 0 amide bonds. The number of aliphatic carboxylic acids is 1. The topological polar surface area (TPSA) is 99.1 Å². The van der Waals surface area contributed by atoms with Gasteiger partial charge in [-0.1, -0.05) is 104 Å². The van der Waals surface area contributed by atoms with Gasteiger partial charge in [-0.3, -0.25) is 0 Å². The van der Waals surface area contributed by atoms with Crippen molar-refractivity contribution in [1.29, 1.82) is 0 Å². The molecule has 0 fully saturated rings. The molecule has 0 heterocycles. The predicted molar refractivity (Wildman–Crippen MR) is 149 cm³/mol. The molecule has 35 heavy (non-hydrogen) atoms. The molecular formula is C27H53O6PS. The second-order valence-electron chi connectivity index (χ2n) is 9.46. The summed E-state index contributed by atoms with van der Waals surface area (Å²) in [5.74, 6) is -0.317. The number of carbonyl (C=O) groups is 1. The van der Waals surface area contributed by atoms with Crippen LogP contribution in [0.25, 0.3) is 0 Å². The fourth-order valence-corrected chi connectivity index (χ4v) is 5.75. The van der Waals surface area contributed by atoms with Crippen LogP contribution in [0.15, 0.2) is 0 Å². The van der Waals surface area contributed by atoms with Crippen LogP contribution in [0.2, 0.25) is 0 Å². The third-order valence-electron chi connectivity index (χ3n) is 6.21. The van der Waals surface area contributed by atoms with Crippen LogP contribution in [-0.2, 0) is 14.3 Å². The lowest BCUT2D eigenvalue weighted by Crippen LogP contribution is -2.25. The maximum Gasteiger partial charge on any atom is 0.407 e. The molecular weight excluding hydrogens is 483 g/mol. The minimum absolute atomic E-state index is 0.0589. The van der Waals surface area contributed by atoms with Crippen molar-refractivity contribution in [1.82, 2.24) is 0 Å². The summed E-state index contributed by atoms with van der Waals surface area (Å²) in [5.41, 5.74) is -0.787. The fourth-order valence-electron chi connectivity index (χ4n) is 4.03. The lowest BCUT2D eigenvalue weighted by molar-refractivity contribution is -0.168. The molecule has 0 aromatic carbocycles. The molecule has 0 aromatic heterocycles. The Hall–Kier alpha value is -0.170. The predicted octanol–water partition coefficient (Wildman–Crippen LogP) is 7.06. The summed E-state index contributed by atoms with van der Waals surface area (Å²) in [7, 11) is -2.98. The van der Waals surface area contributed by atoms with Crippen LogP contribution >= 0.6 is 19.8 Å². The molecule has 0 radical (unpaired) electrons. The van der Waals surface area contributed by atoms with Crippen LogP contribution in [0.3, 0.4) is 0 Å². The number of rotatable bonds is 26. The van der Waals surface area contributed by atoms with E-state index < -0.39 is 19.4 Å². The molecule has 0 bridgehead atoms. The van der Waals surface area contributed by atoms with Crippen LogP contribution < -0.4 is 4.89 Å². The van der Waals surface area contributed by atoms with Crippen molar-refractivity contribution < 1.29 is 29.2 Å². The van der Waals surface area contributed by atoms with Gasteiger partial charge in [0.05, 0.1) is 12.7 Å². The zero-order valence-electron chi connectivity index (χ0n) is 22.7. The highest BCUT2D eigenvalue weighted by atomic mass is 32.2. The summed E-state index contributed by atoms with van der Waals surface area (Å²) in [4.78, 5) is 30.8. The van der Waals surface area contributed by atoms with Crippen molar-refractivity contribution in [2.24, 2.45) is 0 Å². The first kappa shape index (κ1) is 34.8. The first-order valence-corrected chi connectivity index (χ1v) is 16.3. The average molecular weight is 537 g/mol. The molecule has 0 saturated carbocycles. The highest BCUT2D eigenvalue weighted by Crippen LogP contribution is 2.25. The van der Waals surface area contributed by atoms with E-state index in [2.05, 4.69) is 20.8 Å². The Morgan fingerprint density at radius 2 is 1.34 bits per heavy atom. The highest BCUT2D eigenvalue weighted by Gasteiger charge is 2.21. The van der Waals surface area contributed by atoms with E-state index in [0.717, 1.165) is 6.42 Å². The van der Waals surface area contributed by atoms with Crippen LogP contribution in [-0.4, -0.2) is 51.8 Å². The highest BCUT2D eigenvalue weighted by molar-refractivity contribution is 7.99. The molecule has 0 aliphatic rings. The average Bonchev–Trinajstić information content (AvgIpc) is 2.82. The lowest BCUT2D eigenvalue weighted by Gasteiger charge is -2.24. The van der Waals surface area contributed by atoms with Gasteiger partial charge in [-0.15, -0.1) is 0 Å². The van der Waals surface area contributed by atoms with Crippen LogP contribution in [0.1, 0.15) is 130 Å². The van der Waals surface area contributed by atoms with E-state index in [1.54, 1.807) is 0 Å². The molecule has 0 saturated heterocycles. The summed E-state index contributed by atoms with van der Waals surface area (Å²) < 4.78 is 11.0. The lowest BCUT2D eigenvalue weighted by atomic mass is 10.1. The van der Waals surface area contributed by atoms with Crippen LogP contribution in [0.4, 0.5) is 0 Å². The Balaban J connectivity index is 4.17. The molecule has 208 valence electrons. The quantitative estimate of drug-likeness (QED) is 0.0901. The van der Waals surface area contributed by atoms with Gasteiger partial charge in [0.25, 0.3) is 8.00 Å². The minimum Gasteiger partial charge on any atom is -0.601 e. The second kappa shape index (κ2) is 25.5. The van der Waals surface area contributed by atoms with E-state index >= 15 is 0 Å². The van der Waals surface area contributed by atoms with E-state index in [4.69, 9.17) is 19.5 Å². The maximum absolute atomic E-state index is 11.0. The number of thioether (sulfide) groups is 1. The Labute approximate surface area is 220 Å². The van der Waals surface area contributed by atoms with Crippen molar-refractivity contribution in [3.05, 3.63) is 0 Å². The molecule has 3 atom stereocenters. The Kier molecular flexibility index (Phi) is 25.4. The van der Waals surface area contributed by atoms with Gasteiger partial charge in [-0.25, -0.2) is 4.79 Å². The number of unbranched alkanes of at least 4 members (excludes halogenated alkanes) is 13. The standard InChI is InChI=1S/C27H53O6PS/c1-4-6-8-10-11-12-13-14-16-18-23-35-25(20-17-15-9-7-5-2)24(3)32-21-19-22-33-27(26(28)29)34(30)31/h24-25H,4-23H2,1-3H3,(H,28,29)(H,30,31). The van der Waals surface area contributed by atoms with Gasteiger partial charge in [0.2, 0.25) is 0 Å². The number of hydrogen-bond donors (Lipinski definition) is 2. The molecule has 2 N–H and O–H groups in total. The van der Waals surface area contributed by atoms with E-state index in [1.165, 1.54) is 102 Å². The summed E-state index contributed by atoms with van der Waals surface area (Å²) >= 11 is 2.04. The summed E-state index contributed by atoms with van der Waals surface area (Å²) in [6, 6.07) is 0. The summed E-state index contributed by atoms with van der Waals surface area (Å²) in [5, 5.41) is 9.32. The molecule has 0 aliphatic carbocycles.